The Bertz CT molecular complexity index is 517. The number of rotatable bonds is 3. The van der Waals surface area contributed by atoms with Gasteiger partial charge >= 0.3 is 5.97 Å². The maximum Gasteiger partial charge on any atom is 0.313 e. The summed E-state index contributed by atoms with van der Waals surface area (Å²) in [6, 6.07) is 4.11. The summed E-state index contributed by atoms with van der Waals surface area (Å²) in [6.45, 7) is 4.76. The number of carbonyl (C=O) groups excluding carboxylic acids is 1. The largest absolute Gasteiger partial charge is 0.469 e. The molecule has 3 rings (SSSR count). The third-order valence-electron chi connectivity index (χ3n) is 5.04. The van der Waals surface area contributed by atoms with Gasteiger partial charge in [0.15, 0.2) is 0 Å². The SMILES string of the molecule is COC(=O)[C@]12CCC[C@H]1CN(Cc1cccnc1C)C2. The van der Waals surface area contributed by atoms with Gasteiger partial charge in [0.1, 0.15) is 0 Å². The van der Waals surface area contributed by atoms with E-state index in [-0.39, 0.29) is 11.4 Å². The number of aryl methyl sites for hydroxylation is 1. The van der Waals surface area contributed by atoms with Crippen LogP contribution in [0.2, 0.25) is 0 Å². The summed E-state index contributed by atoms with van der Waals surface area (Å²) in [5.41, 5.74) is 2.09. The highest BCUT2D eigenvalue weighted by molar-refractivity contribution is 5.78. The van der Waals surface area contributed by atoms with Crippen LogP contribution in [-0.4, -0.2) is 36.1 Å². The van der Waals surface area contributed by atoms with Crippen LogP contribution >= 0.6 is 0 Å². The van der Waals surface area contributed by atoms with Crippen molar-refractivity contribution in [1.82, 2.24) is 9.88 Å². The number of esters is 1. The monoisotopic (exact) mass is 274 g/mol. The fraction of sp³-hybridized carbons (Fsp3) is 0.625. The lowest BCUT2D eigenvalue weighted by Crippen LogP contribution is -2.36. The molecule has 0 bridgehead atoms. The van der Waals surface area contributed by atoms with Crippen molar-refractivity contribution < 1.29 is 9.53 Å². The fourth-order valence-corrected chi connectivity index (χ4v) is 3.98. The number of nitrogens with zero attached hydrogens (tertiary/aromatic N) is 2. The average Bonchev–Trinajstić information content (AvgIpc) is 2.98. The zero-order chi connectivity index (χ0) is 14.2. The van der Waals surface area contributed by atoms with Gasteiger partial charge in [0.05, 0.1) is 12.5 Å². The van der Waals surface area contributed by atoms with Gasteiger partial charge in [-0.15, -0.1) is 0 Å². The summed E-state index contributed by atoms with van der Waals surface area (Å²) in [7, 11) is 1.51. The molecule has 2 aliphatic rings. The standard InChI is InChI=1S/C16H22N2O2/c1-12-13(5-4-8-17-12)9-18-10-14-6-3-7-16(14,11-18)15(19)20-2/h4-5,8,14H,3,6-7,9-11H2,1-2H3/t14-,16-/m0/s1. The number of hydrogen-bond acceptors (Lipinski definition) is 4. The van der Waals surface area contributed by atoms with E-state index >= 15 is 0 Å². The average molecular weight is 274 g/mol. The highest BCUT2D eigenvalue weighted by Crippen LogP contribution is 2.49. The van der Waals surface area contributed by atoms with Crippen molar-refractivity contribution >= 4 is 5.97 Å². The fourth-order valence-electron chi connectivity index (χ4n) is 3.98. The van der Waals surface area contributed by atoms with Crippen molar-refractivity contribution in [2.45, 2.75) is 32.7 Å². The molecule has 1 saturated carbocycles. The number of likely N-dealkylation sites (tertiary alicyclic amines) is 1. The Morgan fingerprint density at radius 1 is 1.60 bits per heavy atom. The molecule has 1 saturated heterocycles. The van der Waals surface area contributed by atoms with Gasteiger partial charge < -0.3 is 4.74 Å². The zero-order valence-corrected chi connectivity index (χ0v) is 12.3. The van der Waals surface area contributed by atoms with E-state index in [1.807, 2.05) is 19.2 Å². The Morgan fingerprint density at radius 3 is 3.20 bits per heavy atom. The summed E-state index contributed by atoms with van der Waals surface area (Å²) in [6.07, 6.45) is 5.11. The van der Waals surface area contributed by atoms with E-state index in [2.05, 4.69) is 16.0 Å². The number of carbonyl (C=O) groups is 1. The van der Waals surface area contributed by atoms with Crippen molar-refractivity contribution in [2.24, 2.45) is 11.3 Å². The number of fused-ring (bicyclic) bond motifs is 1. The third kappa shape index (κ3) is 2.12. The van der Waals surface area contributed by atoms with Gasteiger partial charge in [0, 0.05) is 31.5 Å². The van der Waals surface area contributed by atoms with Crippen molar-refractivity contribution in [3.8, 4) is 0 Å². The Labute approximate surface area is 120 Å². The van der Waals surface area contributed by atoms with Crippen LogP contribution in [0.5, 0.6) is 0 Å². The Hall–Kier alpha value is -1.42. The van der Waals surface area contributed by atoms with E-state index in [4.69, 9.17) is 4.74 Å². The molecule has 2 fully saturated rings. The molecule has 1 aromatic rings. The number of hydrogen-bond donors (Lipinski definition) is 0. The van der Waals surface area contributed by atoms with Crippen LogP contribution < -0.4 is 0 Å². The molecule has 2 atom stereocenters. The van der Waals surface area contributed by atoms with Crippen LogP contribution in [0.1, 0.15) is 30.5 Å². The smallest absolute Gasteiger partial charge is 0.313 e. The Morgan fingerprint density at radius 2 is 2.45 bits per heavy atom. The minimum absolute atomic E-state index is 0.00888. The maximum atomic E-state index is 12.2. The molecule has 1 aliphatic carbocycles. The van der Waals surface area contributed by atoms with Crippen LogP contribution in [0.4, 0.5) is 0 Å². The van der Waals surface area contributed by atoms with Crippen molar-refractivity contribution in [2.75, 3.05) is 20.2 Å². The summed E-state index contributed by atoms with van der Waals surface area (Å²) in [5, 5.41) is 0. The predicted molar refractivity (Wildman–Crippen MR) is 76.0 cm³/mol. The highest BCUT2D eigenvalue weighted by atomic mass is 16.5. The van der Waals surface area contributed by atoms with Crippen LogP contribution in [0, 0.1) is 18.3 Å². The van der Waals surface area contributed by atoms with E-state index in [0.29, 0.717) is 5.92 Å². The summed E-state index contributed by atoms with van der Waals surface area (Å²) in [4.78, 5) is 19.0. The van der Waals surface area contributed by atoms with Gasteiger partial charge in [-0.3, -0.25) is 14.7 Å². The molecule has 20 heavy (non-hydrogen) atoms. The van der Waals surface area contributed by atoms with Crippen LogP contribution in [0.15, 0.2) is 18.3 Å². The van der Waals surface area contributed by atoms with Gasteiger partial charge in [-0.25, -0.2) is 0 Å². The summed E-state index contributed by atoms with van der Waals surface area (Å²) < 4.78 is 5.08. The van der Waals surface area contributed by atoms with Crippen LogP contribution in [0.25, 0.3) is 0 Å². The second-order valence-corrected chi connectivity index (χ2v) is 6.15. The molecule has 1 aliphatic heterocycles. The lowest BCUT2D eigenvalue weighted by molar-refractivity contribution is -0.153. The minimum Gasteiger partial charge on any atom is -0.469 e. The lowest BCUT2D eigenvalue weighted by Gasteiger charge is -2.25. The number of pyridine rings is 1. The molecule has 0 unspecified atom stereocenters. The molecule has 0 aromatic carbocycles. The molecule has 4 heteroatoms. The molecule has 2 heterocycles. The first-order valence-electron chi connectivity index (χ1n) is 7.37. The Balaban J connectivity index is 1.76. The molecule has 0 amide bonds. The van der Waals surface area contributed by atoms with E-state index in [1.165, 1.54) is 12.7 Å². The van der Waals surface area contributed by atoms with Gasteiger partial charge in [-0.05, 0) is 37.3 Å². The molecule has 4 nitrogen and oxygen atoms in total. The second-order valence-electron chi connectivity index (χ2n) is 6.15. The Kier molecular flexibility index (Phi) is 3.50. The zero-order valence-electron chi connectivity index (χ0n) is 12.3. The molecular weight excluding hydrogens is 252 g/mol. The summed E-state index contributed by atoms with van der Waals surface area (Å²) in [5.74, 6) is 0.456. The lowest BCUT2D eigenvalue weighted by atomic mass is 9.81. The van der Waals surface area contributed by atoms with Gasteiger partial charge in [0.25, 0.3) is 0 Å². The predicted octanol–water partition coefficient (Wildman–Crippen LogP) is 2.17. The van der Waals surface area contributed by atoms with Crippen LogP contribution in [-0.2, 0) is 16.1 Å². The van der Waals surface area contributed by atoms with Gasteiger partial charge in [-0.2, -0.15) is 0 Å². The summed E-state index contributed by atoms with van der Waals surface area (Å²) >= 11 is 0. The molecule has 0 spiro atoms. The molecule has 0 radical (unpaired) electrons. The first kappa shape index (κ1) is 13.6. The van der Waals surface area contributed by atoms with Crippen LogP contribution in [0.3, 0.4) is 0 Å². The van der Waals surface area contributed by atoms with Gasteiger partial charge in [-0.1, -0.05) is 12.5 Å². The number of methoxy groups -OCH3 is 1. The quantitative estimate of drug-likeness (QED) is 0.792. The third-order valence-corrected chi connectivity index (χ3v) is 5.04. The first-order chi connectivity index (χ1) is 9.65. The van der Waals surface area contributed by atoms with Crippen molar-refractivity contribution in [3.05, 3.63) is 29.6 Å². The van der Waals surface area contributed by atoms with E-state index in [9.17, 15) is 4.79 Å². The normalized spacial score (nSPS) is 29.4. The molecule has 0 N–H and O–H groups in total. The minimum atomic E-state index is -0.245. The molecule has 1 aromatic heterocycles. The topological polar surface area (TPSA) is 42.4 Å². The first-order valence-corrected chi connectivity index (χ1v) is 7.37. The van der Waals surface area contributed by atoms with Gasteiger partial charge in [0.2, 0.25) is 0 Å². The molecular formula is C16H22N2O2. The van der Waals surface area contributed by atoms with Crippen molar-refractivity contribution in [3.63, 3.8) is 0 Å². The van der Waals surface area contributed by atoms with E-state index in [1.54, 1.807) is 0 Å². The maximum absolute atomic E-state index is 12.2. The highest BCUT2D eigenvalue weighted by Gasteiger charge is 2.55. The number of aromatic nitrogens is 1. The molecule has 108 valence electrons. The van der Waals surface area contributed by atoms with Crippen molar-refractivity contribution in [1.29, 1.82) is 0 Å². The van der Waals surface area contributed by atoms with E-state index < -0.39 is 0 Å². The van der Waals surface area contributed by atoms with E-state index in [0.717, 1.165) is 44.6 Å². The second kappa shape index (κ2) is 5.17. The number of ether oxygens (including phenoxy) is 1.